The second-order valence-corrected chi connectivity index (χ2v) is 6.52. The van der Waals surface area contributed by atoms with Gasteiger partial charge < -0.3 is 9.84 Å². The van der Waals surface area contributed by atoms with Gasteiger partial charge in [0.2, 0.25) is 0 Å². The fourth-order valence-electron chi connectivity index (χ4n) is 2.82. The fraction of sp³-hybridized carbons (Fsp3) is 0.667. The molecular formula is C21H34O3. The minimum absolute atomic E-state index is 0.167. The van der Waals surface area contributed by atoms with Crippen molar-refractivity contribution in [3.63, 3.8) is 0 Å². The maximum absolute atomic E-state index is 12.3. The van der Waals surface area contributed by atoms with Crippen molar-refractivity contribution in [2.45, 2.75) is 90.4 Å². The summed E-state index contributed by atoms with van der Waals surface area (Å²) in [6, 6.07) is 9.82. The molecule has 0 saturated carbocycles. The van der Waals surface area contributed by atoms with Gasteiger partial charge in [0.25, 0.3) is 0 Å². The van der Waals surface area contributed by atoms with E-state index >= 15 is 0 Å². The van der Waals surface area contributed by atoms with Crippen molar-refractivity contribution >= 4 is 5.78 Å². The van der Waals surface area contributed by atoms with Crippen LogP contribution in [0.25, 0.3) is 0 Å². The quantitative estimate of drug-likeness (QED) is 0.484. The van der Waals surface area contributed by atoms with Crippen LogP contribution in [0.1, 0.15) is 77.2 Å². The highest BCUT2D eigenvalue weighted by molar-refractivity contribution is 5.87. The van der Waals surface area contributed by atoms with Crippen molar-refractivity contribution in [3.8, 4) is 0 Å². The minimum Gasteiger partial charge on any atom is -0.385 e. The van der Waals surface area contributed by atoms with Crippen molar-refractivity contribution in [1.29, 1.82) is 0 Å². The van der Waals surface area contributed by atoms with Gasteiger partial charge >= 0.3 is 0 Å². The van der Waals surface area contributed by atoms with Crippen LogP contribution in [-0.2, 0) is 16.1 Å². The Hall–Kier alpha value is -1.19. The number of aliphatic hydroxyl groups excluding tert-OH is 1. The van der Waals surface area contributed by atoms with Crippen LogP contribution in [-0.4, -0.2) is 23.1 Å². The lowest BCUT2D eigenvalue weighted by Gasteiger charge is -2.18. The molecule has 24 heavy (non-hydrogen) atoms. The van der Waals surface area contributed by atoms with E-state index < -0.39 is 12.2 Å². The van der Waals surface area contributed by atoms with Crippen LogP contribution < -0.4 is 0 Å². The SMILES string of the molecule is CCCCCCCCCC(O)C(=O)C(CC)OCc1ccccc1. The third-order valence-electron chi connectivity index (χ3n) is 4.39. The Bertz CT molecular complexity index is 430. The van der Waals surface area contributed by atoms with Gasteiger partial charge in [0.05, 0.1) is 6.61 Å². The average Bonchev–Trinajstić information content (AvgIpc) is 2.62. The molecule has 2 atom stereocenters. The summed E-state index contributed by atoms with van der Waals surface area (Å²) in [4.78, 5) is 12.3. The van der Waals surface area contributed by atoms with E-state index in [1.54, 1.807) is 0 Å². The van der Waals surface area contributed by atoms with Gasteiger partial charge in [-0.25, -0.2) is 0 Å². The summed E-state index contributed by atoms with van der Waals surface area (Å²) >= 11 is 0. The molecule has 1 aromatic carbocycles. The Morgan fingerprint density at radius 2 is 1.62 bits per heavy atom. The second-order valence-electron chi connectivity index (χ2n) is 6.52. The molecule has 0 heterocycles. The normalized spacial score (nSPS) is 13.6. The van der Waals surface area contributed by atoms with E-state index in [2.05, 4.69) is 6.92 Å². The minimum atomic E-state index is -0.888. The molecule has 2 unspecified atom stereocenters. The predicted molar refractivity (Wildman–Crippen MR) is 98.9 cm³/mol. The molecule has 0 aliphatic heterocycles. The number of rotatable bonds is 14. The van der Waals surface area contributed by atoms with E-state index in [0.29, 0.717) is 19.4 Å². The molecule has 0 aromatic heterocycles. The summed E-state index contributed by atoms with van der Waals surface area (Å²) in [5, 5.41) is 10.1. The van der Waals surface area contributed by atoms with Crippen LogP contribution in [0.3, 0.4) is 0 Å². The van der Waals surface area contributed by atoms with Gasteiger partial charge in [0, 0.05) is 0 Å². The average molecular weight is 335 g/mol. The first kappa shape index (κ1) is 20.9. The van der Waals surface area contributed by atoms with Crippen LogP contribution in [0, 0.1) is 0 Å². The first-order valence-electron chi connectivity index (χ1n) is 9.56. The number of carbonyl (C=O) groups is 1. The predicted octanol–water partition coefficient (Wildman–Crippen LogP) is 5.05. The molecule has 136 valence electrons. The van der Waals surface area contributed by atoms with Crippen LogP contribution in [0.15, 0.2) is 30.3 Å². The van der Waals surface area contributed by atoms with E-state index in [4.69, 9.17) is 4.74 Å². The number of unbranched alkanes of at least 4 members (excludes halogenated alkanes) is 6. The molecule has 0 fully saturated rings. The van der Waals surface area contributed by atoms with Crippen LogP contribution in [0.4, 0.5) is 0 Å². The largest absolute Gasteiger partial charge is 0.385 e. The summed E-state index contributed by atoms with van der Waals surface area (Å²) < 4.78 is 5.72. The Morgan fingerprint density at radius 1 is 1.00 bits per heavy atom. The summed E-state index contributed by atoms with van der Waals surface area (Å²) in [6.07, 6.45) is 8.07. The van der Waals surface area contributed by atoms with Crippen molar-refractivity contribution in [3.05, 3.63) is 35.9 Å². The van der Waals surface area contributed by atoms with E-state index in [1.807, 2.05) is 37.3 Å². The van der Waals surface area contributed by atoms with Gasteiger partial charge in [0.15, 0.2) is 5.78 Å². The first-order chi connectivity index (χ1) is 11.7. The summed E-state index contributed by atoms with van der Waals surface area (Å²) in [5.74, 6) is -0.167. The summed E-state index contributed by atoms with van der Waals surface area (Å²) in [5.41, 5.74) is 1.05. The maximum atomic E-state index is 12.3. The van der Waals surface area contributed by atoms with Gasteiger partial charge in [-0.2, -0.15) is 0 Å². The number of Topliss-reactive ketones (excluding diaryl/α,β-unsaturated/α-hetero) is 1. The molecule has 0 radical (unpaired) electrons. The van der Waals surface area contributed by atoms with Gasteiger partial charge in [-0.1, -0.05) is 89.1 Å². The lowest BCUT2D eigenvalue weighted by Crippen LogP contribution is -2.33. The Kier molecular flexibility index (Phi) is 11.4. The van der Waals surface area contributed by atoms with Gasteiger partial charge in [-0.3, -0.25) is 4.79 Å². The molecule has 0 amide bonds. The number of ketones is 1. The van der Waals surface area contributed by atoms with E-state index in [9.17, 15) is 9.90 Å². The molecule has 0 saturated heterocycles. The van der Waals surface area contributed by atoms with E-state index in [0.717, 1.165) is 18.4 Å². The fourth-order valence-corrected chi connectivity index (χ4v) is 2.82. The highest BCUT2D eigenvalue weighted by Crippen LogP contribution is 2.14. The molecule has 0 bridgehead atoms. The molecular weight excluding hydrogens is 300 g/mol. The van der Waals surface area contributed by atoms with Crippen molar-refractivity contribution in [1.82, 2.24) is 0 Å². The number of aliphatic hydroxyl groups is 1. The number of carbonyl (C=O) groups excluding carboxylic acids is 1. The van der Waals surface area contributed by atoms with Crippen molar-refractivity contribution in [2.24, 2.45) is 0 Å². The Morgan fingerprint density at radius 3 is 2.25 bits per heavy atom. The Labute approximate surface area is 147 Å². The van der Waals surface area contributed by atoms with Gasteiger partial charge in [-0.05, 0) is 18.4 Å². The maximum Gasteiger partial charge on any atom is 0.189 e. The standard InChI is InChI=1S/C21H34O3/c1-3-5-6-7-8-9-13-16-19(22)21(23)20(4-2)24-17-18-14-11-10-12-15-18/h10-12,14-15,19-20,22H,3-9,13,16-17H2,1-2H3. The molecule has 3 nitrogen and oxygen atoms in total. The monoisotopic (exact) mass is 334 g/mol. The zero-order valence-electron chi connectivity index (χ0n) is 15.4. The van der Waals surface area contributed by atoms with Crippen LogP contribution in [0.5, 0.6) is 0 Å². The zero-order chi connectivity index (χ0) is 17.6. The van der Waals surface area contributed by atoms with Gasteiger partial charge in [-0.15, -0.1) is 0 Å². The highest BCUT2D eigenvalue weighted by Gasteiger charge is 2.24. The number of hydrogen-bond acceptors (Lipinski definition) is 3. The number of benzene rings is 1. The van der Waals surface area contributed by atoms with Crippen molar-refractivity contribution < 1.29 is 14.6 Å². The Balaban J connectivity index is 2.23. The first-order valence-corrected chi connectivity index (χ1v) is 9.56. The molecule has 1 rings (SSSR count). The topological polar surface area (TPSA) is 46.5 Å². The molecule has 0 aliphatic rings. The third-order valence-corrected chi connectivity index (χ3v) is 4.39. The smallest absolute Gasteiger partial charge is 0.189 e. The second kappa shape index (κ2) is 13.1. The number of ether oxygens (including phenoxy) is 1. The summed E-state index contributed by atoms with van der Waals surface area (Å²) in [7, 11) is 0. The van der Waals surface area contributed by atoms with Crippen molar-refractivity contribution in [2.75, 3.05) is 0 Å². The molecule has 1 aromatic rings. The van der Waals surface area contributed by atoms with Crippen LogP contribution in [0.2, 0.25) is 0 Å². The van der Waals surface area contributed by atoms with Gasteiger partial charge in [0.1, 0.15) is 12.2 Å². The lowest BCUT2D eigenvalue weighted by atomic mass is 10.0. The molecule has 0 spiro atoms. The molecule has 3 heteroatoms. The zero-order valence-corrected chi connectivity index (χ0v) is 15.4. The number of hydrogen-bond donors (Lipinski definition) is 1. The highest BCUT2D eigenvalue weighted by atomic mass is 16.5. The third kappa shape index (κ3) is 8.60. The van der Waals surface area contributed by atoms with E-state index in [1.165, 1.54) is 32.1 Å². The van der Waals surface area contributed by atoms with Crippen LogP contribution >= 0.6 is 0 Å². The summed E-state index contributed by atoms with van der Waals surface area (Å²) in [6.45, 7) is 4.55. The molecule has 0 aliphatic carbocycles. The lowest BCUT2D eigenvalue weighted by molar-refractivity contribution is -0.140. The van der Waals surface area contributed by atoms with E-state index in [-0.39, 0.29) is 5.78 Å². The molecule has 1 N–H and O–H groups in total.